The molecule has 0 aliphatic carbocycles. The molecule has 2 aromatic carbocycles. The summed E-state index contributed by atoms with van der Waals surface area (Å²) in [6.07, 6.45) is 0.205. The molecule has 134 valence electrons. The van der Waals surface area contributed by atoms with Crippen LogP contribution in [0.1, 0.15) is 17.5 Å². The van der Waals surface area contributed by atoms with E-state index >= 15 is 0 Å². The van der Waals surface area contributed by atoms with E-state index in [-0.39, 0.29) is 31.2 Å². The highest BCUT2D eigenvalue weighted by molar-refractivity contribution is 5.94. The lowest BCUT2D eigenvalue weighted by Crippen LogP contribution is -2.35. The summed E-state index contributed by atoms with van der Waals surface area (Å²) in [4.78, 5) is 24.2. The van der Waals surface area contributed by atoms with E-state index in [4.69, 9.17) is 10.00 Å². The Morgan fingerprint density at radius 1 is 1.19 bits per heavy atom. The molecule has 2 aromatic rings. The van der Waals surface area contributed by atoms with Crippen molar-refractivity contribution in [3.63, 3.8) is 0 Å². The summed E-state index contributed by atoms with van der Waals surface area (Å²) in [5.74, 6) is 0.0751. The second-order valence-electron chi connectivity index (χ2n) is 5.76. The third-order valence-corrected chi connectivity index (χ3v) is 3.96. The summed E-state index contributed by atoms with van der Waals surface area (Å²) in [7, 11) is 0. The molecule has 0 N–H and O–H groups in total. The first kappa shape index (κ1) is 18.9. The van der Waals surface area contributed by atoms with Crippen LogP contribution in [0.4, 0.5) is 11.4 Å². The highest BCUT2D eigenvalue weighted by Crippen LogP contribution is 2.21. The molecule has 0 aliphatic heterocycles. The Hall–Kier alpha value is -3.40. The molecule has 0 unspecified atom stereocenters. The van der Waals surface area contributed by atoms with E-state index < -0.39 is 4.92 Å². The van der Waals surface area contributed by atoms with Crippen molar-refractivity contribution in [1.29, 1.82) is 5.26 Å². The molecule has 0 spiro atoms. The number of hydrogen-bond donors (Lipinski definition) is 0. The van der Waals surface area contributed by atoms with Gasteiger partial charge in [0.25, 0.3) is 11.6 Å². The number of anilines is 1. The van der Waals surface area contributed by atoms with Gasteiger partial charge in [-0.3, -0.25) is 14.9 Å². The standard InChI is InChI=1S/C19H19N3O4/c1-14-4-5-17(12-15(14)2)21(11-3-10-20)19(23)13-26-18-8-6-16(7-9-18)22(24)25/h4-9,12H,3,11,13H2,1-2H3. The van der Waals surface area contributed by atoms with Gasteiger partial charge < -0.3 is 9.64 Å². The van der Waals surface area contributed by atoms with Gasteiger partial charge in [-0.2, -0.15) is 5.26 Å². The number of ether oxygens (including phenoxy) is 1. The van der Waals surface area contributed by atoms with E-state index in [0.29, 0.717) is 11.4 Å². The zero-order valence-electron chi connectivity index (χ0n) is 14.6. The molecule has 7 nitrogen and oxygen atoms in total. The van der Waals surface area contributed by atoms with Crippen molar-refractivity contribution < 1.29 is 14.5 Å². The van der Waals surface area contributed by atoms with E-state index in [0.717, 1.165) is 11.1 Å². The molecule has 1 amide bonds. The van der Waals surface area contributed by atoms with Gasteiger partial charge in [0.2, 0.25) is 0 Å². The molecule has 26 heavy (non-hydrogen) atoms. The van der Waals surface area contributed by atoms with E-state index in [1.807, 2.05) is 38.1 Å². The van der Waals surface area contributed by atoms with Crippen molar-refractivity contribution in [2.75, 3.05) is 18.1 Å². The van der Waals surface area contributed by atoms with Gasteiger partial charge in [0.15, 0.2) is 6.61 Å². The third-order valence-electron chi connectivity index (χ3n) is 3.96. The summed E-state index contributed by atoms with van der Waals surface area (Å²) in [5, 5.41) is 19.5. The highest BCUT2D eigenvalue weighted by Gasteiger charge is 2.17. The molecule has 7 heteroatoms. The van der Waals surface area contributed by atoms with Gasteiger partial charge in [-0.1, -0.05) is 6.07 Å². The fourth-order valence-corrected chi connectivity index (χ4v) is 2.34. The third kappa shape index (κ3) is 4.80. The number of carbonyl (C=O) groups excluding carboxylic acids is 1. The SMILES string of the molecule is Cc1ccc(N(CCC#N)C(=O)COc2ccc([N+](=O)[O-])cc2)cc1C. The van der Waals surface area contributed by atoms with Gasteiger partial charge in [0.1, 0.15) is 5.75 Å². The van der Waals surface area contributed by atoms with Crippen LogP contribution < -0.4 is 9.64 Å². The first-order valence-corrected chi connectivity index (χ1v) is 8.04. The molecule has 0 aliphatic rings. The summed E-state index contributed by atoms with van der Waals surface area (Å²) in [5.41, 5.74) is 2.83. The normalized spacial score (nSPS) is 10.0. The van der Waals surface area contributed by atoms with Gasteiger partial charge in [-0.15, -0.1) is 0 Å². The van der Waals surface area contributed by atoms with E-state index in [2.05, 4.69) is 0 Å². The molecule has 0 saturated heterocycles. The largest absolute Gasteiger partial charge is 0.484 e. The molecule has 0 aromatic heterocycles. The fourth-order valence-electron chi connectivity index (χ4n) is 2.34. The van der Waals surface area contributed by atoms with Gasteiger partial charge >= 0.3 is 0 Å². The van der Waals surface area contributed by atoms with Crippen molar-refractivity contribution in [2.45, 2.75) is 20.3 Å². The first-order valence-electron chi connectivity index (χ1n) is 8.04. The van der Waals surface area contributed by atoms with Crippen LogP contribution in [0.3, 0.4) is 0 Å². The van der Waals surface area contributed by atoms with Crippen LogP contribution in [0.15, 0.2) is 42.5 Å². The monoisotopic (exact) mass is 353 g/mol. The van der Waals surface area contributed by atoms with Crippen molar-refractivity contribution in [1.82, 2.24) is 0 Å². The van der Waals surface area contributed by atoms with Crippen molar-refractivity contribution in [2.24, 2.45) is 0 Å². The van der Waals surface area contributed by atoms with Gasteiger partial charge in [-0.05, 0) is 49.2 Å². The van der Waals surface area contributed by atoms with Crippen LogP contribution in [0.2, 0.25) is 0 Å². The number of rotatable bonds is 7. The van der Waals surface area contributed by atoms with Gasteiger partial charge in [-0.25, -0.2) is 0 Å². The quantitative estimate of drug-likeness (QED) is 0.560. The molecule has 0 atom stereocenters. The fraction of sp³-hybridized carbons (Fsp3) is 0.263. The molecule has 0 fully saturated rings. The van der Waals surface area contributed by atoms with Crippen LogP contribution in [0.25, 0.3) is 0 Å². The van der Waals surface area contributed by atoms with Crippen molar-refractivity contribution >= 4 is 17.3 Å². The summed E-state index contributed by atoms with van der Waals surface area (Å²) >= 11 is 0. The average Bonchev–Trinajstić information content (AvgIpc) is 2.63. The average molecular weight is 353 g/mol. The maximum absolute atomic E-state index is 12.6. The number of benzene rings is 2. The molecule has 2 rings (SSSR count). The second kappa shape index (κ2) is 8.62. The highest BCUT2D eigenvalue weighted by atomic mass is 16.6. The number of nitrogens with zero attached hydrogens (tertiary/aromatic N) is 3. The maximum atomic E-state index is 12.6. The maximum Gasteiger partial charge on any atom is 0.269 e. The first-order chi connectivity index (χ1) is 12.4. The van der Waals surface area contributed by atoms with Gasteiger partial charge in [0.05, 0.1) is 17.4 Å². The number of aryl methyl sites for hydroxylation is 2. The topological polar surface area (TPSA) is 96.5 Å². The number of nitro benzene ring substituents is 1. The lowest BCUT2D eigenvalue weighted by molar-refractivity contribution is -0.384. The number of non-ortho nitro benzene ring substituents is 1. The Kier molecular flexibility index (Phi) is 6.28. The van der Waals surface area contributed by atoms with Gasteiger partial charge in [0, 0.05) is 24.4 Å². The lowest BCUT2D eigenvalue weighted by atomic mass is 10.1. The number of amides is 1. The van der Waals surface area contributed by atoms with Crippen LogP contribution in [-0.4, -0.2) is 24.0 Å². The number of carbonyl (C=O) groups is 1. The minimum atomic E-state index is -0.502. The summed E-state index contributed by atoms with van der Waals surface area (Å²) < 4.78 is 5.44. The Morgan fingerprint density at radius 2 is 1.88 bits per heavy atom. The number of hydrogen-bond acceptors (Lipinski definition) is 5. The van der Waals surface area contributed by atoms with E-state index in [1.54, 1.807) is 0 Å². The Bertz CT molecular complexity index is 841. The smallest absolute Gasteiger partial charge is 0.269 e. The molecule has 0 bridgehead atoms. The number of nitriles is 1. The van der Waals surface area contributed by atoms with E-state index in [1.165, 1.54) is 29.2 Å². The van der Waals surface area contributed by atoms with Crippen molar-refractivity contribution in [3.05, 3.63) is 63.7 Å². The zero-order valence-corrected chi connectivity index (χ0v) is 14.6. The van der Waals surface area contributed by atoms with Crippen LogP contribution in [0, 0.1) is 35.3 Å². The zero-order chi connectivity index (χ0) is 19.1. The Balaban J connectivity index is 2.09. The van der Waals surface area contributed by atoms with Crippen LogP contribution in [0.5, 0.6) is 5.75 Å². The molecular formula is C19H19N3O4. The minimum Gasteiger partial charge on any atom is -0.484 e. The minimum absolute atomic E-state index is 0.0468. The Morgan fingerprint density at radius 3 is 2.46 bits per heavy atom. The number of nitro groups is 1. The predicted molar refractivity (Wildman–Crippen MR) is 97.1 cm³/mol. The van der Waals surface area contributed by atoms with Crippen LogP contribution >= 0.6 is 0 Å². The van der Waals surface area contributed by atoms with Crippen LogP contribution in [-0.2, 0) is 4.79 Å². The molecule has 0 heterocycles. The molecular weight excluding hydrogens is 334 g/mol. The Labute approximate surface area is 151 Å². The molecule has 0 radical (unpaired) electrons. The summed E-state index contributed by atoms with van der Waals surface area (Å²) in [6.45, 7) is 3.98. The van der Waals surface area contributed by atoms with Crippen molar-refractivity contribution in [3.8, 4) is 11.8 Å². The molecule has 0 saturated carbocycles. The summed E-state index contributed by atoms with van der Waals surface area (Å²) in [6, 6.07) is 13.2. The second-order valence-corrected chi connectivity index (χ2v) is 5.76. The lowest BCUT2D eigenvalue weighted by Gasteiger charge is -2.22. The predicted octanol–water partition coefficient (Wildman–Crippen LogP) is 3.54. The van der Waals surface area contributed by atoms with E-state index in [9.17, 15) is 14.9 Å².